The Bertz CT molecular complexity index is 1950. The number of aliphatic hydroxyl groups is 8. The summed E-state index contributed by atoms with van der Waals surface area (Å²) in [5, 5.41) is 89.6. The standard InChI is InChI=1S/C54H90O22/c1-12-24(2)48(62)70-28(6)53(63)17-18-54(64)32-14-13-30-19-31(15-16-51(30,8)33(32)20-37(52(53,54)9)71-29(7)56)72-38-21-34(57)44(25(3)67-38)74-39-22-35(65-10)45(26(4)68-39)75-50-43(61)47(66-11)46(27(5)69-50)76-49-42(60)41(59)40(58)36(23-55)73-49/h24-28,30-47,49-50,55,57-61,63-64H,12-23H2,1-11H3/t24?,25-,26-,27-,28+,30+,31+,32-,33+,34+,35+,36-,37-,38+,39+,40-,41+,42-,43-,44-,45-,46-,47-,49+,50+,51+,52-,53-,54+/m1/s1. The van der Waals surface area contributed by atoms with Gasteiger partial charge in [-0.25, -0.2) is 0 Å². The number of carbonyl (C=O) groups excluding carboxylic acids is 2. The molecule has 0 radical (unpaired) electrons. The molecule has 29 atom stereocenters. The van der Waals surface area contributed by atoms with Crippen LogP contribution in [0, 0.1) is 34.5 Å². The second-order valence-corrected chi connectivity index (χ2v) is 24.1. The van der Waals surface area contributed by atoms with Crippen LogP contribution in [-0.2, 0) is 66.4 Å². The number of fused-ring (bicyclic) bond motifs is 5. The van der Waals surface area contributed by atoms with Gasteiger partial charge < -0.3 is 97.7 Å². The molecule has 4 aliphatic heterocycles. The van der Waals surface area contributed by atoms with E-state index in [2.05, 4.69) is 6.92 Å². The van der Waals surface area contributed by atoms with Gasteiger partial charge in [0.15, 0.2) is 25.2 Å². The molecular weight excluding hydrogens is 1000 g/mol. The molecule has 0 spiro atoms. The van der Waals surface area contributed by atoms with Crippen LogP contribution in [0.25, 0.3) is 0 Å². The van der Waals surface area contributed by atoms with Crippen LogP contribution in [0.15, 0.2) is 0 Å². The zero-order chi connectivity index (χ0) is 55.6. The summed E-state index contributed by atoms with van der Waals surface area (Å²) in [6.45, 7) is 15.4. The predicted molar refractivity (Wildman–Crippen MR) is 263 cm³/mol. The van der Waals surface area contributed by atoms with Crippen LogP contribution in [0.3, 0.4) is 0 Å². The van der Waals surface area contributed by atoms with Gasteiger partial charge in [-0.1, -0.05) is 27.7 Å². The van der Waals surface area contributed by atoms with Crippen LogP contribution in [0.2, 0.25) is 0 Å². The maximum Gasteiger partial charge on any atom is 0.309 e. The van der Waals surface area contributed by atoms with E-state index in [0.29, 0.717) is 25.7 Å². The normalized spacial score (nSPS) is 51.4. The van der Waals surface area contributed by atoms with E-state index >= 15 is 0 Å². The fourth-order valence-corrected chi connectivity index (χ4v) is 15.2. The van der Waals surface area contributed by atoms with E-state index in [-0.39, 0.29) is 60.9 Å². The van der Waals surface area contributed by atoms with Crippen LogP contribution in [0.1, 0.15) is 133 Å². The molecule has 4 heterocycles. The zero-order valence-electron chi connectivity index (χ0n) is 46.2. The van der Waals surface area contributed by atoms with Gasteiger partial charge in [0.1, 0.15) is 72.7 Å². The van der Waals surface area contributed by atoms with E-state index in [0.717, 1.165) is 19.3 Å². The molecule has 0 aromatic rings. The molecule has 0 aromatic heterocycles. The Morgan fingerprint density at radius 3 is 1.95 bits per heavy atom. The molecule has 1 unspecified atom stereocenters. The first-order chi connectivity index (χ1) is 35.8. The summed E-state index contributed by atoms with van der Waals surface area (Å²) >= 11 is 0. The average Bonchev–Trinajstić information content (AvgIpc) is 3.87. The third-order valence-electron chi connectivity index (χ3n) is 20.0. The SMILES string of the molecule is CCC(C)C(=O)O[C@@H](C)[C@]1(O)CC[C@]2(O)[C@@H]3CC[C@H]4C[C@@H](O[C@H]5C[C@H](O)[C@H](O[C@H]6C[C@H](OC)[C@H](O[C@@H]7O[C@H](C)[C@@H](O[C@@H]8O[C@H](CO)[C@@H](O)[C@H](O)[C@H]8O)[C@H](OC)[C@H]7O)[C@@H](C)O6)[C@@H](C)O5)CC[C@]4(C)[C@H]3C[C@@H](OC(C)=O)[C@]12C. The van der Waals surface area contributed by atoms with E-state index in [1.54, 1.807) is 27.7 Å². The first-order valence-electron chi connectivity index (χ1n) is 27.9. The fourth-order valence-electron chi connectivity index (χ4n) is 15.2. The van der Waals surface area contributed by atoms with Gasteiger partial charge in [-0.15, -0.1) is 0 Å². The number of hydrogen-bond acceptors (Lipinski definition) is 22. The molecule has 4 aliphatic carbocycles. The van der Waals surface area contributed by atoms with Gasteiger partial charge in [-0.05, 0) is 109 Å². The largest absolute Gasteiger partial charge is 0.462 e. The molecule has 0 aromatic carbocycles. The van der Waals surface area contributed by atoms with Crippen molar-refractivity contribution < 1.29 is 107 Å². The van der Waals surface area contributed by atoms with E-state index in [1.165, 1.54) is 21.1 Å². The van der Waals surface area contributed by atoms with E-state index < -0.39 is 158 Å². The molecule has 438 valence electrons. The van der Waals surface area contributed by atoms with Crippen molar-refractivity contribution in [2.24, 2.45) is 34.5 Å². The van der Waals surface area contributed by atoms with Crippen molar-refractivity contribution in [2.45, 2.75) is 273 Å². The minimum Gasteiger partial charge on any atom is -0.462 e. The van der Waals surface area contributed by atoms with Gasteiger partial charge in [0.05, 0.1) is 60.2 Å². The van der Waals surface area contributed by atoms with Gasteiger partial charge >= 0.3 is 11.9 Å². The lowest BCUT2D eigenvalue weighted by Crippen LogP contribution is -2.72. The molecule has 8 N–H and O–H groups in total. The summed E-state index contributed by atoms with van der Waals surface area (Å²) in [5.41, 5.74) is -4.57. The quantitative estimate of drug-likeness (QED) is 0.0802. The second-order valence-electron chi connectivity index (χ2n) is 24.1. The highest BCUT2D eigenvalue weighted by Gasteiger charge is 2.77. The first-order valence-corrected chi connectivity index (χ1v) is 27.9. The Kier molecular flexibility index (Phi) is 18.7. The van der Waals surface area contributed by atoms with Crippen molar-refractivity contribution in [3.05, 3.63) is 0 Å². The fraction of sp³-hybridized carbons (Fsp3) is 0.963. The van der Waals surface area contributed by atoms with Gasteiger partial charge in [0, 0.05) is 34.0 Å². The Balaban J connectivity index is 0.847. The Labute approximate surface area is 446 Å². The van der Waals surface area contributed by atoms with Crippen molar-refractivity contribution >= 4 is 11.9 Å². The number of esters is 2. The molecule has 8 aliphatic rings. The topological polar surface area (TPSA) is 307 Å². The minimum atomic E-state index is -1.68. The van der Waals surface area contributed by atoms with Gasteiger partial charge in [0.2, 0.25) is 0 Å². The molecule has 76 heavy (non-hydrogen) atoms. The van der Waals surface area contributed by atoms with Crippen molar-refractivity contribution in [3.63, 3.8) is 0 Å². The molecule has 0 amide bonds. The monoisotopic (exact) mass is 1090 g/mol. The summed E-state index contributed by atoms with van der Waals surface area (Å²) in [7, 11) is 2.87. The summed E-state index contributed by atoms with van der Waals surface area (Å²) in [5.74, 6) is -1.25. The molecule has 4 saturated heterocycles. The van der Waals surface area contributed by atoms with Gasteiger partial charge in [-0.2, -0.15) is 0 Å². The van der Waals surface area contributed by atoms with Crippen molar-refractivity contribution in [1.29, 1.82) is 0 Å². The number of rotatable bonds is 16. The molecule has 8 rings (SSSR count). The van der Waals surface area contributed by atoms with Gasteiger partial charge in [0.25, 0.3) is 0 Å². The smallest absolute Gasteiger partial charge is 0.309 e. The highest BCUT2D eigenvalue weighted by molar-refractivity contribution is 5.72. The van der Waals surface area contributed by atoms with Crippen LogP contribution in [0.4, 0.5) is 0 Å². The molecule has 0 bridgehead atoms. The Morgan fingerprint density at radius 2 is 1.32 bits per heavy atom. The molecule has 22 heteroatoms. The van der Waals surface area contributed by atoms with Crippen LogP contribution < -0.4 is 0 Å². The first kappa shape index (κ1) is 60.3. The summed E-state index contributed by atoms with van der Waals surface area (Å²) in [4.78, 5) is 25.8. The summed E-state index contributed by atoms with van der Waals surface area (Å²) in [6, 6.07) is 0. The lowest BCUT2D eigenvalue weighted by Gasteiger charge is -2.66. The third-order valence-corrected chi connectivity index (χ3v) is 20.0. The van der Waals surface area contributed by atoms with Crippen LogP contribution in [-0.4, -0.2) is 214 Å². The number of methoxy groups -OCH3 is 2. The minimum absolute atomic E-state index is 0.0208. The Hall–Kier alpha value is -1.78. The molecular formula is C54H90O22. The molecule has 22 nitrogen and oxygen atoms in total. The van der Waals surface area contributed by atoms with E-state index in [9.17, 15) is 50.4 Å². The predicted octanol–water partition coefficient (Wildman–Crippen LogP) is 1.50. The van der Waals surface area contributed by atoms with Gasteiger partial charge in [-0.3, -0.25) is 9.59 Å². The van der Waals surface area contributed by atoms with E-state index in [1.807, 2.05) is 20.8 Å². The number of ether oxygens (including phenoxy) is 12. The Morgan fingerprint density at radius 1 is 0.671 bits per heavy atom. The zero-order valence-corrected chi connectivity index (χ0v) is 46.2. The maximum atomic E-state index is 13.1. The second kappa shape index (κ2) is 23.6. The van der Waals surface area contributed by atoms with Crippen LogP contribution in [0.5, 0.6) is 0 Å². The summed E-state index contributed by atoms with van der Waals surface area (Å²) in [6.07, 6.45) is -15.5. The van der Waals surface area contributed by atoms with Crippen molar-refractivity contribution in [3.8, 4) is 0 Å². The van der Waals surface area contributed by atoms with Crippen LogP contribution >= 0.6 is 0 Å². The van der Waals surface area contributed by atoms with Crippen molar-refractivity contribution in [1.82, 2.24) is 0 Å². The third kappa shape index (κ3) is 10.8. The number of hydrogen-bond donors (Lipinski definition) is 8. The van der Waals surface area contributed by atoms with E-state index in [4.69, 9.17) is 56.8 Å². The highest BCUT2D eigenvalue weighted by Crippen LogP contribution is 2.71. The lowest BCUT2D eigenvalue weighted by molar-refractivity contribution is -0.373. The lowest BCUT2D eigenvalue weighted by atomic mass is 9.42. The molecule has 8 fully saturated rings. The molecule has 4 saturated carbocycles. The number of aliphatic hydroxyl groups excluding tert-OH is 6. The maximum absolute atomic E-state index is 13.1. The number of carbonyl (C=O) groups is 2. The highest BCUT2D eigenvalue weighted by atomic mass is 16.8. The summed E-state index contributed by atoms with van der Waals surface area (Å²) < 4.78 is 73.3. The average molecular weight is 1090 g/mol. The van der Waals surface area contributed by atoms with Crippen molar-refractivity contribution in [2.75, 3.05) is 20.8 Å².